The Morgan fingerprint density at radius 1 is 1.33 bits per heavy atom. The van der Waals surface area contributed by atoms with Crippen molar-refractivity contribution in [2.75, 3.05) is 6.61 Å². The van der Waals surface area contributed by atoms with Crippen molar-refractivity contribution in [1.29, 1.82) is 0 Å². The van der Waals surface area contributed by atoms with Crippen molar-refractivity contribution in [2.45, 2.75) is 12.8 Å². The average molecular weight is 161 g/mol. The lowest BCUT2D eigenvalue weighted by atomic mass is 9.97. The van der Waals surface area contributed by atoms with Gasteiger partial charge in [0.2, 0.25) is 0 Å². The van der Waals surface area contributed by atoms with Gasteiger partial charge in [0.25, 0.3) is 0 Å². The highest BCUT2D eigenvalue weighted by molar-refractivity contribution is 5.89. The summed E-state index contributed by atoms with van der Waals surface area (Å²) in [6.07, 6.45) is 0. The predicted octanol–water partition coefficient (Wildman–Crippen LogP) is 2.18. The number of oxime groups is 1. The van der Waals surface area contributed by atoms with Crippen LogP contribution in [0.4, 0.5) is 0 Å². The second-order valence-corrected chi connectivity index (χ2v) is 2.99. The maximum absolute atomic E-state index is 5.01. The fraction of sp³-hybridized carbons (Fsp3) is 0.300. The summed E-state index contributed by atoms with van der Waals surface area (Å²) in [6.45, 7) is 2.69. The zero-order valence-electron chi connectivity index (χ0n) is 7.03. The normalized spacial score (nSPS) is 21.8. The van der Waals surface area contributed by atoms with Gasteiger partial charge in [-0.15, -0.1) is 0 Å². The van der Waals surface area contributed by atoms with Crippen LogP contribution in [0, 0.1) is 0 Å². The fourth-order valence-corrected chi connectivity index (χ4v) is 1.42. The first-order valence-electron chi connectivity index (χ1n) is 4.09. The summed E-state index contributed by atoms with van der Waals surface area (Å²) in [7, 11) is 0. The summed E-state index contributed by atoms with van der Waals surface area (Å²) in [5.74, 6) is 0.367. The molecule has 12 heavy (non-hydrogen) atoms. The number of hydrogen-bond acceptors (Lipinski definition) is 2. The van der Waals surface area contributed by atoms with Crippen LogP contribution in [0.5, 0.6) is 0 Å². The Morgan fingerprint density at radius 3 is 2.67 bits per heavy atom. The smallest absolute Gasteiger partial charge is 0.129 e. The van der Waals surface area contributed by atoms with Gasteiger partial charge >= 0.3 is 0 Å². The van der Waals surface area contributed by atoms with E-state index in [1.165, 1.54) is 5.56 Å². The van der Waals surface area contributed by atoms with E-state index in [0.29, 0.717) is 12.5 Å². The second kappa shape index (κ2) is 2.97. The molecule has 0 bridgehead atoms. The van der Waals surface area contributed by atoms with Crippen molar-refractivity contribution < 1.29 is 4.84 Å². The molecular weight excluding hydrogens is 150 g/mol. The van der Waals surface area contributed by atoms with Crippen molar-refractivity contribution in [3.05, 3.63) is 35.9 Å². The second-order valence-electron chi connectivity index (χ2n) is 2.99. The van der Waals surface area contributed by atoms with Crippen molar-refractivity contribution in [2.24, 2.45) is 5.16 Å². The van der Waals surface area contributed by atoms with Crippen LogP contribution >= 0.6 is 0 Å². The first kappa shape index (κ1) is 7.35. The molecule has 0 aliphatic carbocycles. The topological polar surface area (TPSA) is 21.6 Å². The summed E-state index contributed by atoms with van der Waals surface area (Å²) in [5, 5.41) is 3.91. The molecule has 1 aromatic carbocycles. The van der Waals surface area contributed by atoms with E-state index in [-0.39, 0.29) is 0 Å². The van der Waals surface area contributed by atoms with Gasteiger partial charge in [-0.25, -0.2) is 0 Å². The summed E-state index contributed by atoms with van der Waals surface area (Å²) in [4.78, 5) is 5.01. The minimum absolute atomic E-state index is 0.367. The van der Waals surface area contributed by atoms with Gasteiger partial charge in [0.05, 0.1) is 11.6 Å². The molecular formula is C10H11NO. The Hall–Kier alpha value is -1.31. The molecule has 0 N–H and O–H groups in total. The molecule has 0 saturated carbocycles. The Kier molecular flexibility index (Phi) is 1.82. The van der Waals surface area contributed by atoms with Crippen molar-refractivity contribution in [1.82, 2.24) is 0 Å². The third-order valence-electron chi connectivity index (χ3n) is 2.16. The van der Waals surface area contributed by atoms with Crippen molar-refractivity contribution in [3.8, 4) is 0 Å². The van der Waals surface area contributed by atoms with Gasteiger partial charge in [0.15, 0.2) is 0 Å². The van der Waals surface area contributed by atoms with Crippen LogP contribution in [0.25, 0.3) is 0 Å². The molecule has 1 unspecified atom stereocenters. The molecule has 0 radical (unpaired) electrons. The molecule has 0 amide bonds. The van der Waals surface area contributed by atoms with E-state index in [9.17, 15) is 0 Å². The molecule has 62 valence electrons. The van der Waals surface area contributed by atoms with Crippen molar-refractivity contribution in [3.63, 3.8) is 0 Å². The molecule has 0 saturated heterocycles. The summed E-state index contributed by atoms with van der Waals surface area (Å²) in [6, 6.07) is 10.3. The molecule has 1 aliphatic rings. The van der Waals surface area contributed by atoms with Gasteiger partial charge in [0, 0.05) is 0 Å². The molecule has 1 aliphatic heterocycles. The Balaban J connectivity index is 2.27. The van der Waals surface area contributed by atoms with Crippen LogP contribution in [-0.2, 0) is 4.84 Å². The van der Waals surface area contributed by atoms with Gasteiger partial charge in [-0.1, -0.05) is 35.5 Å². The number of rotatable bonds is 1. The lowest BCUT2D eigenvalue weighted by Gasteiger charge is -2.06. The lowest BCUT2D eigenvalue weighted by molar-refractivity contribution is 0.166. The average Bonchev–Trinajstić information content (AvgIpc) is 2.53. The van der Waals surface area contributed by atoms with Crippen LogP contribution in [0.1, 0.15) is 18.4 Å². The highest BCUT2D eigenvalue weighted by Gasteiger charge is 2.20. The monoisotopic (exact) mass is 161 g/mol. The number of hydrogen-bond donors (Lipinski definition) is 0. The third kappa shape index (κ3) is 1.20. The number of nitrogens with zero attached hydrogens (tertiary/aromatic N) is 1. The molecule has 0 aromatic heterocycles. The first-order chi connectivity index (χ1) is 5.88. The quantitative estimate of drug-likeness (QED) is 0.618. The minimum Gasteiger partial charge on any atom is -0.395 e. The van der Waals surface area contributed by atoms with E-state index in [4.69, 9.17) is 4.84 Å². The molecule has 1 aromatic rings. The molecule has 1 heterocycles. The first-order valence-corrected chi connectivity index (χ1v) is 4.09. The zero-order chi connectivity index (χ0) is 8.39. The summed E-state index contributed by atoms with van der Waals surface area (Å²) >= 11 is 0. The van der Waals surface area contributed by atoms with Gasteiger partial charge in [0.1, 0.15) is 6.61 Å². The maximum atomic E-state index is 5.01. The lowest BCUT2D eigenvalue weighted by Crippen LogP contribution is -2.07. The minimum atomic E-state index is 0.367. The zero-order valence-corrected chi connectivity index (χ0v) is 7.03. The number of benzene rings is 1. The molecule has 0 fully saturated rings. The van der Waals surface area contributed by atoms with Gasteiger partial charge in [-0.05, 0) is 12.5 Å². The van der Waals surface area contributed by atoms with Gasteiger partial charge in [-0.3, -0.25) is 0 Å². The molecule has 2 heteroatoms. The van der Waals surface area contributed by atoms with Crippen LogP contribution in [0.2, 0.25) is 0 Å². The SMILES string of the molecule is CC1=NOCC1c1ccccc1. The standard InChI is InChI=1S/C10H11NO/c1-8-10(7-12-11-8)9-5-3-2-4-6-9/h2-6,10H,7H2,1H3. The van der Waals surface area contributed by atoms with Gasteiger partial charge in [-0.2, -0.15) is 0 Å². The largest absolute Gasteiger partial charge is 0.395 e. The molecule has 2 rings (SSSR count). The Morgan fingerprint density at radius 2 is 2.08 bits per heavy atom. The van der Waals surface area contributed by atoms with Crippen LogP contribution in [-0.4, -0.2) is 12.3 Å². The molecule has 2 nitrogen and oxygen atoms in total. The van der Waals surface area contributed by atoms with E-state index in [2.05, 4.69) is 17.3 Å². The molecule has 0 spiro atoms. The van der Waals surface area contributed by atoms with E-state index in [0.717, 1.165) is 5.71 Å². The Labute approximate surface area is 71.8 Å². The predicted molar refractivity (Wildman–Crippen MR) is 48.2 cm³/mol. The highest BCUT2D eigenvalue weighted by atomic mass is 16.6. The van der Waals surface area contributed by atoms with E-state index >= 15 is 0 Å². The molecule has 1 atom stereocenters. The van der Waals surface area contributed by atoms with Gasteiger partial charge < -0.3 is 4.84 Å². The fourth-order valence-electron chi connectivity index (χ4n) is 1.42. The van der Waals surface area contributed by atoms with Crippen molar-refractivity contribution >= 4 is 5.71 Å². The van der Waals surface area contributed by atoms with E-state index < -0.39 is 0 Å². The van der Waals surface area contributed by atoms with E-state index in [1.807, 2.05) is 25.1 Å². The van der Waals surface area contributed by atoms with Crippen LogP contribution in [0.3, 0.4) is 0 Å². The summed E-state index contributed by atoms with van der Waals surface area (Å²) < 4.78 is 0. The van der Waals surface area contributed by atoms with Crippen LogP contribution in [0.15, 0.2) is 35.5 Å². The van der Waals surface area contributed by atoms with E-state index in [1.54, 1.807) is 0 Å². The van der Waals surface area contributed by atoms with Crippen LogP contribution < -0.4 is 0 Å². The maximum Gasteiger partial charge on any atom is 0.129 e. The Bertz CT molecular complexity index is 292. The summed E-state index contributed by atoms with van der Waals surface area (Å²) in [5.41, 5.74) is 2.36. The third-order valence-corrected chi connectivity index (χ3v) is 2.16. The highest BCUT2D eigenvalue weighted by Crippen LogP contribution is 2.22.